The number of fused-ring (bicyclic) bond motifs is 1. The van der Waals surface area contributed by atoms with E-state index in [2.05, 4.69) is 21.0 Å². The molecular weight excluding hydrogens is 283 g/mol. The molecule has 19 heavy (non-hydrogen) atoms. The molecule has 0 aliphatic rings. The summed E-state index contributed by atoms with van der Waals surface area (Å²) in [5.74, 6) is 0.491. The van der Waals surface area contributed by atoms with E-state index in [1.807, 2.05) is 22.8 Å². The molecule has 4 nitrogen and oxygen atoms in total. The van der Waals surface area contributed by atoms with Crippen LogP contribution < -0.4 is 0 Å². The van der Waals surface area contributed by atoms with Gasteiger partial charge in [-0.2, -0.15) is 4.98 Å². The number of hydrogen-bond donors (Lipinski definition) is 0. The average molecular weight is 293 g/mol. The van der Waals surface area contributed by atoms with E-state index in [1.165, 1.54) is 0 Å². The van der Waals surface area contributed by atoms with E-state index in [-0.39, 0.29) is 5.28 Å². The molecule has 1 aromatic carbocycles. The first-order valence-electron chi connectivity index (χ1n) is 5.74. The van der Waals surface area contributed by atoms with Gasteiger partial charge in [-0.3, -0.25) is 0 Å². The zero-order chi connectivity index (χ0) is 13.2. The van der Waals surface area contributed by atoms with Crippen molar-refractivity contribution in [1.82, 2.24) is 19.5 Å². The molecule has 0 atom stereocenters. The maximum atomic E-state index is 5.94. The number of nitrogens with zero attached hydrogens (tertiary/aromatic N) is 4. The molecule has 0 amide bonds. The fraction of sp³-hybridized carbons (Fsp3) is 0.154. The van der Waals surface area contributed by atoms with E-state index in [0.717, 1.165) is 16.6 Å². The van der Waals surface area contributed by atoms with Gasteiger partial charge in [0.1, 0.15) is 5.52 Å². The van der Waals surface area contributed by atoms with Gasteiger partial charge in [-0.05, 0) is 22.7 Å². The maximum Gasteiger partial charge on any atom is 0.224 e. The highest BCUT2D eigenvalue weighted by molar-refractivity contribution is 6.28. The van der Waals surface area contributed by atoms with E-state index in [4.69, 9.17) is 23.2 Å². The zero-order valence-corrected chi connectivity index (χ0v) is 11.4. The Labute approximate surface area is 120 Å². The van der Waals surface area contributed by atoms with Crippen molar-refractivity contribution < 1.29 is 0 Å². The lowest BCUT2D eigenvalue weighted by Gasteiger charge is -2.08. The summed E-state index contributed by atoms with van der Waals surface area (Å²) in [4.78, 5) is 12.3. The van der Waals surface area contributed by atoms with Crippen LogP contribution in [0.3, 0.4) is 0 Å². The van der Waals surface area contributed by atoms with Crippen LogP contribution in [-0.2, 0) is 12.4 Å². The Morgan fingerprint density at radius 3 is 2.68 bits per heavy atom. The Hall–Kier alpha value is -1.65. The molecule has 0 aliphatic carbocycles. The third-order valence-electron chi connectivity index (χ3n) is 2.95. The van der Waals surface area contributed by atoms with Crippen LogP contribution >= 0.6 is 23.2 Å². The summed E-state index contributed by atoms with van der Waals surface area (Å²) in [5.41, 5.74) is 3.73. The second-order valence-corrected chi connectivity index (χ2v) is 4.73. The molecule has 0 radical (unpaired) electrons. The van der Waals surface area contributed by atoms with Crippen LogP contribution in [0.5, 0.6) is 0 Å². The van der Waals surface area contributed by atoms with Gasteiger partial charge in [0.25, 0.3) is 0 Å². The largest absolute Gasteiger partial charge is 0.323 e. The molecule has 0 fully saturated rings. The SMILES string of the molecule is ClCc1ccccc1Cn1cnc2nc(Cl)ncc21. The average Bonchev–Trinajstić information content (AvgIpc) is 2.82. The number of halogens is 2. The molecule has 0 saturated carbocycles. The molecule has 96 valence electrons. The molecular formula is C13H10Cl2N4. The Bertz CT molecular complexity index is 723. The molecule has 0 unspecified atom stereocenters. The Morgan fingerprint density at radius 2 is 1.89 bits per heavy atom. The van der Waals surface area contributed by atoms with Gasteiger partial charge in [0.2, 0.25) is 5.28 Å². The first-order valence-corrected chi connectivity index (χ1v) is 6.65. The van der Waals surface area contributed by atoms with Gasteiger partial charge >= 0.3 is 0 Å². The highest BCUT2D eigenvalue weighted by atomic mass is 35.5. The molecule has 3 aromatic rings. The molecule has 0 bridgehead atoms. The second-order valence-electron chi connectivity index (χ2n) is 4.12. The van der Waals surface area contributed by atoms with E-state index < -0.39 is 0 Å². The number of imidazole rings is 1. The van der Waals surface area contributed by atoms with Crippen molar-refractivity contribution in [2.45, 2.75) is 12.4 Å². The molecule has 3 rings (SSSR count). The topological polar surface area (TPSA) is 43.6 Å². The standard InChI is InChI=1S/C13H10Cl2N4/c14-5-9-3-1-2-4-10(9)7-19-8-17-12-11(19)6-16-13(15)18-12/h1-4,6,8H,5,7H2. The van der Waals surface area contributed by atoms with Gasteiger partial charge in [0, 0.05) is 12.4 Å². The Morgan fingerprint density at radius 1 is 1.11 bits per heavy atom. The number of benzene rings is 1. The van der Waals surface area contributed by atoms with Crippen LogP contribution in [0.2, 0.25) is 5.28 Å². The smallest absolute Gasteiger partial charge is 0.224 e. The van der Waals surface area contributed by atoms with Crippen molar-refractivity contribution >= 4 is 34.4 Å². The van der Waals surface area contributed by atoms with Crippen molar-refractivity contribution in [2.75, 3.05) is 0 Å². The van der Waals surface area contributed by atoms with E-state index in [1.54, 1.807) is 12.5 Å². The fourth-order valence-electron chi connectivity index (χ4n) is 1.98. The normalized spacial score (nSPS) is 11.1. The quantitative estimate of drug-likeness (QED) is 0.550. The summed E-state index contributed by atoms with van der Waals surface area (Å²) in [7, 11) is 0. The van der Waals surface area contributed by atoms with Gasteiger partial charge in [-0.15, -0.1) is 11.6 Å². The summed E-state index contributed by atoms with van der Waals surface area (Å²) in [6, 6.07) is 8.06. The number of hydrogen-bond acceptors (Lipinski definition) is 3. The van der Waals surface area contributed by atoms with Crippen LogP contribution in [0.15, 0.2) is 36.8 Å². The first kappa shape index (κ1) is 12.4. The minimum absolute atomic E-state index is 0.207. The fourth-order valence-corrected chi connectivity index (χ4v) is 2.37. The van der Waals surface area contributed by atoms with Gasteiger partial charge in [-0.1, -0.05) is 24.3 Å². The third kappa shape index (κ3) is 2.41. The predicted molar refractivity (Wildman–Crippen MR) is 75.4 cm³/mol. The minimum atomic E-state index is 0.207. The van der Waals surface area contributed by atoms with Crippen molar-refractivity contribution in [3.63, 3.8) is 0 Å². The number of alkyl halides is 1. The zero-order valence-electron chi connectivity index (χ0n) is 9.92. The lowest BCUT2D eigenvalue weighted by atomic mass is 10.1. The first-order chi connectivity index (χ1) is 9.28. The van der Waals surface area contributed by atoms with Crippen molar-refractivity contribution in [3.8, 4) is 0 Å². The number of aromatic nitrogens is 4. The highest BCUT2D eigenvalue weighted by Gasteiger charge is 2.07. The van der Waals surface area contributed by atoms with Crippen molar-refractivity contribution in [1.29, 1.82) is 0 Å². The minimum Gasteiger partial charge on any atom is -0.323 e. The monoisotopic (exact) mass is 292 g/mol. The highest BCUT2D eigenvalue weighted by Crippen LogP contribution is 2.17. The molecule has 0 spiro atoms. The van der Waals surface area contributed by atoms with E-state index in [9.17, 15) is 0 Å². The molecule has 0 N–H and O–H groups in total. The van der Waals surface area contributed by atoms with Crippen LogP contribution in [0.4, 0.5) is 0 Å². The van der Waals surface area contributed by atoms with Gasteiger partial charge in [0.15, 0.2) is 5.65 Å². The van der Waals surface area contributed by atoms with Crippen molar-refractivity contribution in [3.05, 3.63) is 53.2 Å². The van der Waals surface area contributed by atoms with Crippen LogP contribution in [0, 0.1) is 0 Å². The summed E-state index contributed by atoms with van der Waals surface area (Å²) in [6.45, 7) is 0.685. The third-order valence-corrected chi connectivity index (χ3v) is 3.42. The van der Waals surface area contributed by atoms with E-state index >= 15 is 0 Å². The van der Waals surface area contributed by atoms with E-state index in [0.29, 0.717) is 18.1 Å². The van der Waals surface area contributed by atoms with Gasteiger partial charge < -0.3 is 4.57 Å². The Kier molecular flexibility index (Phi) is 3.36. The summed E-state index contributed by atoms with van der Waals surface area (Å²) < 4.78 is 1.98. The van der Waals surface area contributed by atoms with Gasteiger partial charge in [0.05, 0.1) is 12.5 Å². The number of rotatable bonds is 3. The van der Waals surface area contributed by atoms with Crippen LogP contribution in [0.25, 0.3) is 11.2 Å². The predicted octanol–water partition coefficient (Wildman–Crippen LogP) is 3.27. The van der Waals surface area contributed by atoms with Crippen LogP contribution in [-0.4, -0.2) is 19.5 Å². The lowest BCUT2D eigenvalue weighted by Crippen LogP contribution is -2.01. The van der Waals surface area contributed by atoms with Crippen molar-refractivity contribution in [2.24, 2.45) is 0 Å². The maximum absolute atomic E-state index is 5.94. The molecule has 2 heterocycles. The lowest BCUT2D eigenvalue weighted by molar-refractivity contribution is 0.816. The van der Waals surface area contributed by atoms with Crippen LogP contribution in [0.1, 0.15) is 11.1 Å². The molecule has 6 heteroatoms. The Balaban J connectivity index is 2.01. The molecule has 2 aromatic heterocycles. The van der Waals surface area contributed by atoms with Gasteiger partial charge in [-0.25, -0.2) is 9.97 Å². The molecule has 0 aliphatic heterocycles. The summed E-state index contributed by atoms with van der Waals surface area (Å²) in [6.07, 6.45) is 3.42. The molecule has 0 saturated heterocycles. The summed E-state index contributed by atoms with van der Waals surface area (Å²) in [5, 5.41) is 0.207. The second kappa shape index (κ2) is 5.15. The summed E-state index contributed by atoms with van der Waals surface area (Å²) >= 11 is 11.7.